The molecular weight excluding hydrogens is 418 g/mol. The van der Waals surface area contributed by atoms with Crippen LogP contribution in [0.4, 0.5) is 4.79 Å². The number of nitrogens with zero attached hydrogens (tertiary/aromatic N) is 4. The summed E-state index contributed by atoms with van der Waals surface area (Å²) in [6.07, 6.45) is -1.99. The number of esters is 2. The van der Waals surface area contributed by atoms with Crippen molar-refractivity contribution in [1.82, 2.24) is 10.2 Å². The maximum atomic E-state index is 12.8. The smallest absolute Gasteiger partial charge is 0.408 e. The summed E-state index contributed by atoms with van der Waals surface area (Å²) in [5.41, 5.74) is 8.86. The summed E-state index contributed by atoms with van der Waals surface area (Å²) in [6.45, 7) is 6.23. The van der Waals surface area contributed by atoms with E-state index in [2.05, 4.69) is 15.3 Å². The second kappa shape index (κ2) is 12.5. The minimum absolute atomic E-state index is 0.316. The zero-order chi connectivity index (χ0) is 24.3. The van der Waals surface area contributed by atoms with Crippen LogP contribution in [0.2, 0.25) is 0 Å². The maximum Gasteiger partial charge on any atom is 0.408 e. The van der Waals surface area contributed by atoms with Crippen molar-refractivity contribution < 1.29 is 28.6 Å². The van der Waals surface area contributed by atoms with Gasteiger partial charge in [0.1, 0.15) is 17.7 Å². The number of hydrogen-bond donors (Lipinski definition) is 1. The highest BCUT2D eigenvalue weighted by molar-refractivity contribution is 5.78. The van der Waals surface area contributed by atoms with Gasteiger partial charge in [0.25, 0.3) is 0 Å². The minimum atomic E-state index is -1.15. The van der Waals surface area contributed by atoms with Gasteiger partial charge >= 0.3 is 18.0 Å². The summed E-state index contributed by atoms with van der Waals surface area (Å²) in [4.78, 5) is 41.5. The van der Waals surface area contributed by atoms with Crippen LogP contribution < -0.4 is 5.32 Å². The predicted molar refractivity (Wildman–Crippen MR) is 116 cm³/mol. The number of hydrogen-bond acceptors (Lipinski definition) is 8. The Morgan fingerprint density at radius 1 is 1.22 bits per heavy atom. The molecule has 11 heteroatoms. The predicted octanol–water partition coefficient (Wildman–Crippen LogP) is 2.80. The van der Waals surface area contributed by atoms with Crippen molar-refractivity contribution in [2.75, 3.05) is 20.7 Å². The van der Waals surface area contributed by atoms with Gasteiger partial charge in [-0.25, -0.2) is 4.79 Å². The van der Waals surface area contributed by atoms with Crippen molar-refractivity contribution in [3.63, 3.8) is 0 Å². The van der Waals surface area contributed by atoms with Crippen LogP contribution in [0.3, 0.4) is 0 Å². The molecule has 0 radical (unpaired) electrons. The van der Waals surface area contributed by atoms with Gasteiger partial charge in [-0.15, -0.1) is 0 Å². The molecule has 11 nitrogen and oxygen atoms in total. The molecule has 0 heterocycles. The van der Waals surface area contributed by atoms with Crippen LogP contribution in [0.1, 0.15) is 33.3 Å². The normalized spacial score (nSPS) is 13.8. The van der Waals surface area contributed by atoms with Gasteiger partial charge in [-0.05, 0) is 38.9 Å². The van der Waals surface area contributed by atoms with Gasteiger partial charge in [0.15, 0.2) is 0 Å². The lowest BCUT2D eigenvalue weighted by atomic mass is 9.99. The SMILES string of the molecule is COC(=O)[C@@H]([C@@H](NC(=O)OC(C)(C)C)[C@@H](CN=[N+]=[N-])OC(C)=O)N(C)Cc1ccccc1. The Kier molecular flexibility index (Phi) is 10.5. The molecule has 0 bridgehead atoms. The van der Waals surface area contributed by atoms with Gasteiger partial charge in [-0.1, -0.05) is 35.4 Å². The lowest BCUT2D eigenvalue weighted by Gasteiger charge is -2.36. The molecule has 0 fully saturated rings. The van der Waals surface area contributed by atoms with Gasteiger partial charge in [0, 0.05) is 18.4 Å². The van der Waals surface area contributed by atoms with Crippen LogP contribution in [-0.2, 0) is 30.3 Å². The van der Waals surface area contributed by atoms with Gasteiger partial charge < -0.3 is 19.5 Å². The number of ether oxygens (including phenoxy) is 3. The molecule has 0 aliphatic rings. The average molecular weight is 450 g/mol. The van der Waals surface area contributed by atoms with E-state index < -0.39 is 41.8 Å². The van der Waals surface area contributed by atoms with Crippen molar-refractivity contribution in [2.45, 2.75) is 58.0 Å². The summed E-state index contributed by atoms with van der Waals surface area (Å²) in [6, 6.07) is 7.11. The Morgan fingerprint density at radius 2 is 1.84 bits per heavy atom. The highest BCUT2D eigenvalue weighted by atomic mass is 16.6. The molecule has 3 atom stereocenters. The number of likely N-dealkylation sites (N-methyl/N-ethyl adjacent to an activating group) is 1. The first-order chi connectivity index (χ1) is 15.0. The molecule has 32 heavy (non-hydrogen) atoms. The van der Waals surface area contributed by atoms with Crippen molar-refractivity contribution in [1.29, 1.82) is 0 Å². The molecule has 1 rings (SSSR count). The van der Waals surface area contributed by atoms with Crippen molar-refractivity contribution in [2.24, 2.45) is 5.11 Å². The Morgan fingerprint density at radius 3 is 2.34 bits per heavy atom. The van der Waals surface area contributed by atoms with Crippen LogP contribution in [-0.4, -0.2) is 67.4 Å². The molecule has 1 aromatic rings. The number of benzene rings is 1. The minimum Gasteiger partial charge on any atom is -0.468 e. The van der Waals surface area contributed by atoms with Crippen LogP contribution in [0, 0.1) is 0 Å². The second-order valence-corrected chi connectivity index (χ2v) is 8.10. The number of carbonyl (C=O) groups is 3. The molecule has 1 amide bonds. The maximum absolute atomic E-state index is 12.8. The van der Waals surface area contributed by atoms with E-state index in [0.29, 0.717) is 6.54 Å². The zero-order valence-electron chi connectivity index (χ0n) is 19.3. The number of methoxy groups -OCH3 is 1. The van der Waals surface area contributed by atoms with Crippen LogP contribution in [0.25, 0.3) is 10.4 Å². The molecule has 0 unspecified atom stereocenters. The van der Waals surface area contributed by atoms with Crippen LogP contribution in [0.5, 0.6) is 0 Å². The fraction of sp³-hybridized carbons (Fsp3) is 0.571. The third-order valence-corrected chi connectivity index (χ3v) is 4.26. The Labute approximate surface area is 187 Å². The molecule has 1 aromatic carbocycles. The molecule has 0 aliphatic heterocycles. The monoisotopic (exact) mass is 449 g/mol. The lowest BCUT2D eigenvalue weighted by Crippen LogP contribution is -2.61. The largest absolute Gasteiger partial charge is 0.468 e. The number of nitrogens with one attached hydrogen (secondary N) is 1. The molecule has 0 aromatic heterocycles. The van der Waals surface area contributed by atoms with Crippen molar-refractivity contribution in [3.8, 4) is 0 Å². The molecule has 0 saturated heterocycles. The molecule has 1 N–H and O–H groups in total. The third-order valence-electron chi connectivity index (χ3n) is 4.26. The first kappa shape index (κ1) is 26.7. The van der Waals surface area contributed by atoms with E-state index in [1.165, 1.54) is 14.0 Å². The quantitative estimate of drug-likeness (QED) is 0.190. The first-order valence-corrected chi connectivity index (χ1v) is 9.98. The van der Waals surface area contributed by atoms with Crippen LogP contribution >= 0.6 is 0 Å². The topological polar surface area (TPSA) is 143 Å². The molecule has 0 spiro atoms. The second-order valence-electron chi connectivity index (χ2n) is 8.10. The fourth-order valence-electron chi connectivity index (χ4n) is 3.06. The van der Waals surface area contributed by atoms with Crippen molar-refractivity contribution >= 4 is 18.0 Å². The molecule has 0 aliphatic carbocycles. The van der Waals surface area contributed by atoms with E-state index in [-0.39, 0.29) is 6.54 Å². The van der Waals surface area contributed by atoms with Gasteiger partial charge in [0.2, 0.25) is 0 Å². The van der Waals surface area contributed by atoms with E-state index in [1.807, 2.05) is 30.3 Å². The van der Waals surface area contributed by atoms with E-state index >= 15 is 0 Å². The first-order valence-electron chi connectivity index (χ1n) is 9.98. The van der Waals surface area contributed by atoms with Gasteiger partial charge in [-0.2, -0.15) is 0 Å². The summed E-state index contributed by atoms with van der Waals surface area (Å²) in [7, 11) is 2.88. The summed E-state index contributed by atoms with van der Waals surface area (Å²) >= 11 is 0. The van der Waals surface area contributed by atoms with Crippen molar-refractivity contribution in [3.05, 3.63) is 46.3 Å². The highest BCUT2D eigenvalue weighted by Gasteiger charge is 2.41. The lowest BCUT2D eigenvalue weighted by molar-refractivity contribution is -0.156. The van der Waals surface area contributed by atoms with Gasteiger partial charge in [-0.3, -0.25) is 14.5 Å². The highest BCUT2D eigenvalue weighted by Crippen LogP contribution is 2.17. The summed E-state index contributed by atoms with van der Waals surface area (Å²) in [5, 5.41) is 6.09. The number of rotatable bonds is 10. The standard InChI is InChI=1S/C21H31N5O6/c1-14(27)31-16(12-23-25-22)17(24-20(29)32-21(2,3)4)18(19(28)30-6)26(5)13-15-10-8-7-9-11-15/h7-11,16-18H,12-13H2,1-6H3,(H,24,29)/t16-,17+,18-/m1/s1. The van der Waals surface area contributed by atoms with Crippen LogP contribution in [0.15, 0.2) is 35.4 Å². The number of carbonyl (C=O) groups excluding carboxylic acids is 3. The Balaban J connectivity index is 3.38. The zero-order valence-corrected chi connectivity index (χ0v) is 19.3. The number of azide groups is 1. The third kappa shape index (κ3) is 9.23. The molecular formula is C21H31N5O6. The van der Waals surface area contributed by atoms with E-state index in [1.54, 1.807) is 32.7 Å². The van der Waals surface area contributed by atoms with E-state index in [0.717, 1.165) is 5.56 Å². The van der Waals surface area contributed by atoms with E-state index in [9.17, 15) is 14.4 Å². The van der Waals surface area contributed by atoms with Gasteiger partial charge in [0.05, 0.1) is 19.7 Å². The molecule has 0 saturated carbocycles. The average Bonchev–Trinajstić information content (AvgIpc) is 2.69. The van der Waals surface area contributed by atoms with E-state index in [4.69, 9.17) is 19.7 Å². The molecule has 176 valence electrons. The fourth-order valence-corrected chi connectivity index (χ4v) is 3.06. The Bertz CT molecular complexity index is 816. The number of amides is 1. The summed E-state index contributed by atoms with van der Waals surface area (Å²) in [5.74, 6) is -1.35. The Hall–Kier alpha value is -3.30. The number of alkyl carbamates (subject to hydrolysis) is 1. The summed E-state index contributed by atoms with van der Waals surface area (Å²) < 4.78 is 15.6.